The third-order valence-electron chi connectivity index (χ3n) is 20.3. The molecule has 3 rings (SSSR count). The van der Waals surface area contributed by atoms with Gasteiger partial charge in [0.25, 0.3) is 0 Å². The summed E-state index contributed by atoms with van der Waals surface area (Å²) >= 11 is 2.05. The third kappa shape index (κ3) is 45.5. The number of hydrogen-bond acceptors (Lipinski definition) is 0. The van der Waals surface area contributed by atoms with Crippen molar-refractivity contribution in [3.63, 3.8) is 0 Å². The van der Waals surface area contributed by atoms with Crippen molar-refractivity contribution < 1.29 is 19.1 Å². The molecule has 2 aromatic carbocycles. The van der Waals surface area contributed by atoms with Crippen LogP contribution < -0.4 is 0 Å². The van der Waals surface area contributed by atoms with Gasteiger partial charge in [-0.2, -0.15) is 0 Å². The summed E-state index contributed by atoms with van der Waals surface area (Å²) in [6, 6.07) is 14.6. The standard InChI is InChI=1S/C45H70N2.2C22H45.Ni/c1-7-13-19-22-26-38-31-39(27-23-20-14-8-2)35-41(34-38)44-42(28-18-12-6)43(29-21-15-9-3)45(47(44)46)40-32-36(24-16-10-4)30-37(33-40)25-17-11-5;2*1-3-5-7-9-11-13-15-17-19-21-22-20-18-16-14-12-10-8-6-4-2;/h30-35H,7-29H2,1-6H3;2*1,3-22H2,2H3;. The first-order chi connectivity index (χ1) is 45.4. The van der Waals surface area contributed by atoms with E-state index in [-0.39, 0.29) is 0 Å². The third-order valence-corrected chi connectivity index (χ3v) is 21.6. The Balaban J connectivity index is 0.000000628. The zero-order chi connectivity index (χ0) is 66.3. The average molecular weight is 1320 g/mol. The maximum absolute atomic E-state index is 12.5. The van der Waals surface area contributed by atoms with Gasteiger partial charge < -0.3 is 5.53 Å². The fraction of sp³-hybridized carbons (Fsp3) is 0.820. The Morgan fingerprint density at radius 3 is 0.663 bits per heavy atom. The summed E-state index contributed by atoms with van der Waals surface area (Å²) in [5, 5.41) is 2.87. The van der Waals surface area contributed by atoms with Crippen molar-refractivity contribution in [2.45, 2.75) is 471 Å². The van der Waals surface area contributed by atoms with E-state index in [4.69, 9.17) is 0 Å². The zero-order valence-electron chi connectivity index (χ0n) is 63.6. The van der Waals surface area contributed by atoms with Gasteiger partial charge in [-0.15, -0.1) is 0 Å². The molecule has 0 aliphatic carbocycles. The Labute approximate surface area is 584 Å². The molecule has 0 unspecified atom stereocenters. The number of unbranched alkanes of at least 4 members (excludes halogenated alkanes) is 49. The van der Waals surface area contributed by atoms with E-state index in [1.165, 1.54) is 408 Å². The minimum absolute atomic E-state index is 1.03. The summed E-state index contributed by atoms with van der Waals surface area (Å²) < 4.78 is 1.66. The van der Waals surface area contributed by atoms with Crippen LogP contribution in [0.5, 0.6) is 0 Å². The van der Waals surface area contributed by atoms with Gasteiger partial charge in [-0.1, -0.05) is 254 Å². The van der Waals surface area contributed by atoms with Crippen molar-refractivity contribution in [1.29, 1.82) is 0 Å². The Hall–Kier alpha value is -1.99. The second-order valence-electron chi connectivity index (χ2n) is 29.3. The number of benzene rings is 2. The van der Waals surface area contributed by atoms with Gasteiger partial charge in [-0.3, -0.25) is 0 Å². The summed E-state index contributed by atoms with van der Waals surface area (Å²) in [4.78, 5) is 0. The summed E-state index contributed by atoms with van der Waals surface area (Å²) in [6.45, 7) is 18.4. The molecule has 3 heteroatoms. The smallest absolute Gasteiger partial charge is 0.493 e. The second kappa shape index (κ2) is 65.0. The van der Waals surface area contributed by atoms with Crippen molar-refractivity contribution >= 4 is 11.4 Å². The Morgan fingerprint density at radius 2 is 0.402 bits per heavy atom. The molecule has 0 atom stereocenters. The van der Waals surface area contributed by atoms with Gasteiger partial charge in [0.05, 0.1) is 0 Å². The fourth-order valence-corrected chi connectivity index (χ4v) is 15.5. The molecule has 2 nitrogen and oxygen atoms in total. The molecule has 0 aromatic heterocycles. The Morgan fingerprint density at radius 1 is 0.217 bits per heavy atom. The quantitative estimate of drug-likeness (QED) is 0.0358. The molecule has 0 amide bonds. The van der Waals surface area contributed by atoms with Crippen LogP contribution in [0.15, 0.2) is 47.5 Å². The molecule has 92 heavy (non-hydrogen) atoms. The van der Waals surface area contributed by atoms with E-state index in [0.29, 0.717) is 0 Å². The van der Waals surface area contributed by atoms with Crippen LogP contribution >= 0.6 is 0 Å². The molecule has 1 aliphatic rings. The van der Waals surface area contributed by atoms with Crippen LogP contribution in [0.3, 0.4) is 0 Å². The predicted octanol–water partition coefficient (Wildman–Crippen LogP) is 32.1. The van der Waals surface area contributed by atoms with Gasteiger partial charge in [-0.25, -0.2) is 4.70 Å². The zero-order valence-corrected chi connectivity index (χ0v) is 64.6. The van der Waals surface area contributed by atoms with E-state index in [2.05, 4.69) is 91.8 Å². The number of nitrogens with zero attached hydrogens (tertiary/aromatic N) is 2. The van der Waals surface area contributed by atoms with Crippen LogP contribution in [0.2, 0.25) is 10.8 Å². The SMILES string of the molecule is CCCCCCCCCCCCCCCCCCCCC[CH2][Ni][CH2]CCCCCCCCCCCCCCCCCCCCC.CCCCCCc1cc(CCCCCC)cc(C2=C(CCCC)C(CCCCC)=C(c3cc(CCCC)cc(CCCC)c3)[N+]2=[N-])c1. The van der Waals surface area contributed by atoms with Crippen LogP contribution in [-0.2, 0) is 40.1 Å². The fourth-order valence-electron chi connectivity index (χ4n) is 14.2. The van der Waals surface area contributed by atoms with Gasteiger partial charge in [0, 0.05) is 22.3 Å². The summed E-state index contributed by atoms with van der Waals surface area (Å²) in [7, 11) is 0. The maximum atomic E-state index is 12.5. The van der Waals surface area contributed by atoms with E-state index < -0.39 is 0 Å². The first kappa shape index (κ1) is 86.1. The minimum atomic E-state index is 1.03. The Bertz CT molecular complexity index is 1920. The summed E-state index contributed by atoms with van der Waals surface area (Å²) in [5.74, 6) is 0. The molecule has 0 fully saturated rings. The Kier molecular flexibility index (Phi) is 60.8. The number of hydrogen-bond donors (Lipinski definition) is 0. The normalized spacial score (nSPS) is 12.6. The number of allylic oxidation sites excluding steroid dienone is 2. The van der Waals surface area contributed by atoms with E-state index in [1.54, 1.807) is 4.70 Å². The number of aryl methyl sites for hydroxylation is 4. The molecule has 0 N–H and O–H groups in total. The first-order valence-electron chi connectivity index (χ1n) is 42.1. The van der Waals surface area contributed by atoms with Crippen molar-refractivity contribution in [2.24, 2.45) is 0 Å². The van der Waals surface area contributed by atoms with E-state index >= 15 is 0 Å². The minimum Gasteiger partial charge on any atom is -0.493 e. The molecule has 0 radical (unpaired) electrons. The van der Waals surface area contributed by atoms with Gasteiger partial charge in [-0.05, 0) is 124 Å². The monoisotopic (exact) mass is 1320 g/mol. The molecule has 1 heterocycles. The predicted molar refractivity (Wildman–Crippen MR) is 413 cm³/mol. The molecule has 2 aromatic rings. The molecular formula is C89H160N2Ni. The van der Waals surface area contributed by atoms with Crippen molar-refractivity contribution in [1.82, 2.24) is 0 Å². The molecule has 536 valence electrons. The van der Waals surface area contributed by atoms with Crippen LogP contribution in [0, 0.1) is 0 Å². The molecule has 0 saturated heterocycles. The van der Waals surface area contributed by atoms with Gasteiger partial charge >= 0.3 is 166 Å². The van der Waals surface area contributed by atoms with Gasteiger partial charge in [0.2, 0.25) is 11.4 Å². The van der Waals surface area contributed by atoms with Crippen LogP contribution in [0.25, 0.3) is 16.9 Å². The van der Waals surface area contributed by atoms with Crippen molar-refractivity contribution in [2.75, 3.05) is 0 Å². The van der Waals surface area contributed by atoms with Gasteiger partial charge in [0.15, 0.2) is 0 Å². The van der Waals surface area contributed by atoms with Crippen LogP contribution in [0.4, 0.5) is 0 Å². The van der Waals surface area contributed by atoms with E-state index in [9.17, 15) is 5.53 Å². The molecule has 0 spiro atoms. The molecular weight excluding hydrogens is 1160 g/mol. The van der Waals surface area contributed by atoms with Crippen molar-refractivity contribution in [3.05, 3.63) is 86.5 Å². The van der Waals surface area contributed by atoms with Crippen molar-refractivity contribution in [3.8, 4) is 0 Å². The van der Waals surface area contributed by atoms with Crippen LogP contribution in [0.1, 0.15) is 468 Å². The average Bonchev–Trinajstić information content (AvgIpc) is 1.60. The second-order valence-corrected chi connectivity index (χ2v) is 30.8. The van der Waals surface area contributed by atoms with E-state index in [1.807, 2.05) is 14.4 Å². The molecule has 0 bridgehead atoms. The molecule has 0 saturated carbocycles. The van der Waals surface area contributed by atoms with Gasteiger partial charge in [0.1, 0.15) is 0 Å². The first-order valence-corrected chi connectivity index (χ1v) is 43.5. The summed E-state index contributed by atoms with van der Waals surface area (Å²) in [6.07, 6.45) is 86.7. The summed E-state index contributed by atoms with van der Waals surface area (Å²) in [5.41, 5.74) is 25.6. The topological polar surface area (TPSA) is 25.3 Å². The van der Waals surface area contributed by atoms with E-state index in [0.717, 1.165) is 62.8 Å². The molecule has 1 aliphatic heterocycles. The number of rotatable bonds is 67. The van der Waals surface area contributed by atoms with Crippen LogP contribution in [-0.4, -0.2) is 4.70 Å².